The maximum absolute atomic E-state index is 13.1. The molecule has 5 heteroatoms. The van der Waals surface area contributed by atoms with Gasteiger partial charge in [-0.25, -0.2) is 0 Å². The Bertz CT molecular complexity index is 489. The molecule has 0 bridgehead atoms. The van der Waals surface area contributed by atoms with Crippen LogP contribution in [0.5, 0.6) is 0 Å². The van der Waals surface area contributed by atoms with Gasteiger partial charge in [-0.3, -0.25) is 9.78 Å². The summed E-state index contributed by atoms with van der Waals surface area (Å²) in [4.78, 5) is 19.1. The molecule has 1 N–H and O–H groups in total. The van der Waals surface area contributed by atoms with Gasteiger partial charge >= 0.3 is 0 Å². The molecule has 1 saturated heterocycles. The summed E-state index contributed by atoms with van der Waals surface area (Å²) in [5, 5.41) is 3.49. The van der Waals surface area contributed by atoms with Gasteiger partial charge in [0.15, 0.2) is 0 Å². The number of amides is 1. The highest BCUT2D eigenvalue weighted by Crippen LogP contribution is 2.23. The second-order valence-corrected chi connectivity index (χ2v) is 6.82. The van der Waals surface area contributed by atoms with Crippen molar-refractivity contribution in [2.45, 2.75) is 64.0 Å². The average Bonchev–Trinajstić information content (AvgIpc) is 3.18. The van der Waals surface area contributed by atoms with E-state index in [-0.39, 0.29) is 18.1 Å². The first-order valence-electron chi connectivity index (χ1n) is 9.72. The lowest BCUT2D eigenvalue weighted by Crippen LogP contribution is -2.49. The van der Waals surface area contributed by atoms with E-state index in [9.17, 15) is 4.79 Å². The number of carbonyl (C=O) groups excluding carboxylic acids is 1. The van der Waals surface area contributed by atoms with Gasteiger partial charge in [-0.05, 0) is 43.5 Å². The lowest BCUT2D eigenvalue weighted by atomic mass is 10.0. The van der Waals surface area contributed by atoms with Crippen molar-refractivity contribution in [2.75, 3.05) is 26.7 Å². The quantitative estimate of drug-likeness (QED) is 0.624. The molecule has 0 spiro atoms. The van der Waals surface area contributed by atoms with Crippen LogP contribution in [0.15, 0.2) is 24.5 Å². The van der Waals surface area contributed by atoms with Gasteiger partial charge in [-0.2, -0.15) is 0 Å². The molecule has 2 atom stereocenters. The molecule has 5 nitrogen and oxygen atoms in total. The monoisotopic (exact) mass is 347 g/mol. The van der Waals surface area contributed by atoms with Crippen molar-refractivity contribution in [2.24, 2.45) is 0 Å². The molecular weight excluding hydrogens is 314 g/mol. The standard InChI is InChI=1S/C20H33N3O2/c1-3-4-5-6-7-12-22-18(20(24)23-15-8-9-16-23)19(25-2)17-10-13-21-14-11-17/h10-11,13-14,18-19,22H,3-9,12,15-16H2,1-2H3/t18-,19+/m1/s1. The van der Waals surface area contributed by atoms with Gasteiger partial charge in [0, 0.05) is 32.6 Å². The fourth-order valence-electron chi connectivity index (χ4n) is 3.46. The first-order chi connectivity index (χ1) is 12.3. The summed E-state index contributed by atoms with van der Waals surface area (Å²) in [6, 6.07) is 3.53. The molecule has 0 aliphatic carbocycles. The summed E-state index contributed by atoms with van der Waals surface area (Å²) in [6.07, 6.45) is 11.5. The number of nitrogens with one attached hydrogen (secondary N) is 1. The Labute approximate surface area is 152 Å². The van der Waals surface area contributed by atoms with E-state index in [1.165, 1.54) is 25.7 Å². The van der Waals surface area contributed by atoms with E-state index in [4.69, 9.17) is 4.74 Å². The van der Waals surface area contributed by atoms with Crippen LogP contribution in [0.4, 0.5) is 0 Å². The lowest BCUT2D eigenvalue weighted by Gasteiger charge is -2.30. The molecule has 0 aromatic carbocycles. The zero-order valence-corrected chi connectivity index (χ0v) is 15.7. The third-order valence-corrected chi connectivity index (χ3v) is 4.92. The third-order valence-electron chi connectivity index (χ3n) is 4.92. The fraction of sp³-hybridized carbons (Fsp3) is 0.700. The van der Waals surface area contributed by atoms with Crippen molar-refractivity contribution < 1.29 is 9.53 Å². The minimum atomic E-state index is -0.336. The minimum Gasteiger partial charge on any atom is -0.375 e. The van der Waals surface area contributed by atoms with E-state index in [2.05, 4.69) is 17.2 Å². The zero-order valence-electron chi connectivity index (χ0n) is 15.7. The van der Waals surface area contributed by atoms with Crippen LogP contribution in [0.3, 0.4) is 0 Å². The Morgan fingerprint density at radius 2 is 1.88 bits per heavy atom. The summed E-state index contributed by atoms with van der Waals surface area (Å²) in [5.41, 5.74) is 0.994. The van der Waals surface area contributed by atoms with E-state index in [0.717, 1.165) is 44.5 Å². The fourth-order valence-corrected chi connectivity index (χ4v) is 3.46. The van der Waals surface area contributed by atoms with Crippen LogP contribution in [-0.2, 0) is 9.53 Å². The maximum Gasteiger partial charge on any atom is 0.242 e. The Morgan fingerprint density at radius 3 is 2.52 bits per heavy atom. The smallest absolute Gasteiger partial charge is 0.242 e. The topological polar surface area (TPSA) is 54.5 Å². The molecule has 2 heterocycles. The van der Waals surface area contributed by atoms with Gasteiger partial charge in [0.25, 0.3) is 0 Å². The van der Waals surface area contributed by atoms with Gasteiger partial charge < -0.3 is 15.0 Å². The molecule has 0 unspecified atom stereocenters. The normalized spacial score (nSPS) is 16.8. The van der Waals surface area contributed by atoms with Gasteiger partial charge in [0.1, 0.15) is 12.1 Å². The summed E-state index contributed by atoms with van der Waals surface area (Å²) in [5.74, 6) is 0.162. The number of methoxy groups -OCH3 is 1. The molecule has 1 fully saturated rings. The van der Waals surface area contributed by atoms with Crippen LogP contribution >= 0.6 is 0 Å². The molecule has 1 amide bonds. The molecule has 140 valence electrons. The predicted octanol–water partition coefficient (Wildman–Crippen LogP) is 3.32. The Morgan fingerprint density at radius 1 is 1.20 bits per heavy atom. The minimum absolute atomic E-state index is 0.162. The number of carbonyl (C=O) groups is 1. The van der Waals surface area contributed by atoms with Crippen molar-refractivity contribution >= 4 is 5.91 Å². The van der Waals surface area contributed by atoms with Crippen LogP contribution in [0.2, 0.25) is 0 Å². The number of pyridine rings is 1. The van der Waals surface area contributed by atoms with Gasteiger partial charge in [0.2, 0.25) is 5.91 Å². The average molecular weight is 348 g/mol. The van der Waals surface area contributed by atoms with Crippen LogP contribution in [0, 0.1) is 0 Å². The largest absolute Gasteiger partial charge is 0.375 e. The molecular formula is C20H33N3O2. The number of hydrogen-bond acceptors (Lipinski definition) is 4. The molecule has 1 aromatic heterocycles. The second-order valence-electron chi connectivity index (χ2n) is 6.82. The van der Waals surface area contributed by atoms with Crippen LogP contribution in [0.25, 0.3) is 0 Å². The lowest BCUT2D eigenvalue weighted by molar-refractivity contribution is -0.136. The van der Waals surface area contributed by atoms with Crippen molar-refractivity contribution in [3.8, 4) is 0 Å². The summed E-state index contributed by atoms with van der Waals surface area (Å²) >= 11 is 0. The number of unbranched alkanes of at least 4 members (excludes halogenated alkanes) is 4. The van der Waals surface area contributed by atoms with Crippen molar-refractivity contribution in [1.29, 1.82) is 0 Å². The first kappa shape index (κ1) is 19.9. The van der Waals surface area contributed by atoms with Crippen LogP contribution < -0.4 is 5.32 Å². The van der Waals surface area contributed by atoms with E-state index in [1.807, 2.05) is 17.0 Å². The second kappa shape index (κ2) is 11.2. The maximum atomic E-state index is 13.1. The molecule has 0 radical (unpaired) electrons. The highest BCUT2D eigenvalue weighted by atomic mass is 16.5. The SMILES string of the molecule is CCCCCCCN[C@@H](C(=O)N1CCCC1)[C@@H](OC)c1ccncc1. The summed E-state index contributed by atoms with van der Waals surface area (Å²) in [7, 11) is 1.68. The molecule has 1 aromatic rings. The first-order valence-corrected chi connectivity index (χ1v) is 9.72. The van der Waals surface area contributed by atoms with Crippen LogP contribution in [-0.4, -0.2) is 48.6 Å². The van der Waals surface area contributed by atoms with E-state index < -0.39 is 0 Å². The number of likely N-dealkylation sites (tertiary alicyclic amines) is 1. The highest BCUT2D eigenvalue weighted by Gasteiger charge is 2.33. The van der Waals surface area contributed by atoms with Crippen molar-refractivity contribution in [3.05, 3.63) is 30.1 Å². The van der Waals surface area contributed by atoms with Crippen molar-refractivity contribution in [3.63, 3.8) is 0 Å². The Hall–Kier alpha value is -1.46. The third kappa shape index (κ3) is 6.08. The molecule has 2 rings (SSSR count). The number of hydrogen-bond donors (Lipinski definition) is 1. The molecule has 1 aliphatic rings. The van der Waals surface area contributed by atoms with Crippen molar-refractivity contribution in [1.82, 2.24) is 15.2 Å². The number of ether oxygens (including phenoxy) is 1. The highest BCUT2D eigenvalue weighted by molar-refractivity contribution is 5.83. The molecule has 25 heavy (non-hydrogen) atoms. The predicted molar refractivity (Wildman–Crippen MR) is 100 cm³/mol. The number of nitrogens with zero attached hydrogens (tertiary/aromatic N) is 2. The summed E-state index contributed by atoms with van der Waals surface area (Å²) < 4.78 is 5.74. The zero-order chi connectivity index (χ0) is 17.9. The summed E-state index contributed by atoms with van der Waals surface area (Å²) in [6.45, 7) is 4.79. The number of aromatic nitrogens is 1. The Balaban J connectivity index is 2.01. The van der Waals surface area contributed by atoms with Gasteiger partial charge in [-0.15, -0.1) is 0 Å². The van der Waals surface area contributed by atoms with E-state index in [0.29, 0.717) is 0 Å². The van der Waals surface area contributed by atoms with E-state index in [1.54, 1.807) is 19.5 Å². The Kier molecular flexibility index (Phi) is 8.91. The van der Waals surface area contributed by atoms with Crippen LogP contribution in [0.1, 0.15) is 63.5 Å². The van der Waals surface area contributed by atoms with Gasteiger partial charge in [0.05, 0.1) is 0 Å². The van der Waals surface area contributed by atoms with Gasteiger partial charge in [-0.1, -0.05) is 32.6 Å². The number of rotatable bonds is 11. The molecule has 0 saturated carbocycles. The molecule has 1 aliphatic heterocycles. The van der Waals surface area contributed by atoms with E-state index >= 15 is 0 Å².